The first-order valence-corrected chi connectivity index (χ1v) is 8.02. The zero-order valence-electron chi connectivity index (χ0n) is 13.1. The van der Waals surface area contributed by atoms with Gasteiger partial charge in [-0.3, -0.25) is 0 Å². The van der Waals surface area contributed by atoms with Gasteiger partial charge in [0.1, 0.15) is 0 Å². The zero-order valence-corrected chi connectivity index (χ0v) is 13.1. The summed E-state index contributed by atoms with van der Waals surface area (Å²) in [6.45, 7) is 0. The van der Waals surface area contributed by atoms with E-state index in [1.165, 1.54) is 36.5 Å². The van der Waals surface area contributed by atoms with Crippen molar-refractivity contribution in [2.24, 2.45) is 0 Å². The van der Waals surface area contributed by atoms with Crippen LogP contribution in [0.2, 0.25) is 0 Å². The fraction of sp³-hybridized carbons (Fsp3) is 0.250. The van der Waals surface area contributed by atoms with Crippen LogP contribution in [0.5, 0.6) is 0 Å². The zero-order chi connectivity index (χ0) is 15.8. The number of carbonyl (C=O) groups excluding carboxylic acids is 1. The van der Waals surface area contributed by atoms with Crippen LogP contribution in [0.3, 0.4) is 0 Å². The number of rotatable bonds is 4. The minimum atomic E-state index is -0.245. The van der Waals surface area contributed by atoms with Crippen LogP contribution in [-0.2, 0) is 11.2 Å². The molecular weight excluding hydrogens is 286 g/mol. The molecule has 3 heteroatoms. The van der Waals surface area contributed by atoms with E-state index in [9.17, 15) is 4.79 Å². The Balaban J connectivity index is 1.70. The molecule has 2 aromatic carbocycles. The molecule has 0 unspecified atom stereocenters. The molecule has 0 aliphatic heterocycles. The Bertz CT molecular complexity index is 874. The van der Waals surface area contributed by atoms with Crippen molar-refractivity contribution >= 4 is 16.9 Å². The molecule has 0 radical (unpaired) electrons. The summed E-state index contributed by atoms with van der Waals surface area (Å²) in [6.07, 6.45) is 5.13. The maximum Gasteiger partial charge on any atom is 0.338 e. The van der Waals surface area contributed by atoms with E-state index in [0.29, 0.717) is 11.5 Å². The number of hydrogen-bond donors (Lipinski definition) is 1. The van der Waals surface area contributed by atoms with E-state index in [1.54, 1.807) is 0 Å². The Kier molecular flexibility index (Phi) is 3.41. The minimum absolute atomic E-state index is 0.245. The lowest BCUT2D eigenvalue weighted by Crippen LogP contribution is -2.07. The van der Waals surface area contributed by atoms with Crippen LogP contribution < -0.4 is 0 Å². The van der Waals surface area contributed by atoms with Gasteiger partial charge in [0, 0.05) is 11.7 Å². The number of benzene rings is 2. The molecule has 1 N–H and O–H groups in total. The Morgan fingerprint density at radius 1 is 1.17 bits per heavy atom. The Morgan fingerprint density at radius 3 is 2.83 bits per heavy atom. The second-order valence-electron chi connectivity index (χ2n) is 6.26. The molecule has 1 fully saturated rings. The molecule has 0 saturated heterocycles. The highest BCUT2D eigenvalue weighted by atomic mass is 16.5. The van der Waals surface area contributed by atoms with Crippen molar-refractivity contribution in [3.63, 3.8) is 0 Å². The number of ether oxygens (including phenoxy) is 1. The average molecular weight is 305 g/mol. The molecule has 1 aliphatic rings. The lowest BCUT2D eigenvalue weighted by molar-refractivity contribution is 0.0599. The number of nitrogens with one attached hydrogen (secondary N) is 1. The van der Waals surface area contributed by atoms with Crippen molar-refractivity contribution in [3.8, 4) is 0 Å². The number of H-pyrrole nitrogens is 1. The monoisotopic (exact) mass is 305 g/mol. The van der Waals surface area contributed by atoms with E-state index >= 15 is 0 Å². The van der Waals surface area contributed by atoms with Crippen LogP contribution in [0.4, 0.5) is 0 Å². The number of hydrogen-bond acceptors (Lipinski definition) is 2. The minimum Gasteiger partial charge on any atom is -0.465 e. The van der Waals surface area contributed by atoms with E-state index in [-0.39, 0.29) is 5.97 Å². The first-order valence-electron chi connectivity index (χ1n) is 8.02. The summed E-state index contributed by atoms with van der Waals surface area (Å²) in [5, 5.41) is 1.19. The number of aromatic amines is 1. The highest BCUT2D eigenvalue weighted by Crippen LogP contribution is 2.40. The molecule has 3 nitrogen and oxygen atoms in total. The van der Waals surface area contributed by atoms with E-state index in [1.807, 2.05) is 12.3 Å². The molecular formula is C20H19NO2. The Labute approximate surface area is 135 Å². The van der Waals surface area contributed by atoms with E-state index < -0.39 is 0 Å². The number of aromatic nitrogens is 1. The first kappa shape index (κ1) is 14.1. The summed E-state index contributed by atoms with van der Waals surface area (Å²) in [6, 6.07) is 14.7. The summed E-state index contributed by atoms with van der Waals surface area (Å²) >= 11 is 0. The average Bonchev–Trinajstić information content (AvgIpc) is 3.32. The standard InChI is InChI=1S/C20H19NO2/c1-23-20(22)18-12-15(14-3-4-14)5-6-16(18)10-13-2-7-19-17(11-13)8-9-21-19/h2,5-9,11-12,14,21H,3-4,10H2,1H3. The van der Waals surface area contributed by atoms with Gasteiger partial charge >= 0.3 is 5.97 Å². The van der Waals surface area contributed by atoms with Crippen LogP contribution in [0.25, 0.3) is 10.9 Å². The molecule has 1 aromatic heterocycles. The van der Waals surface area contributed by atoms with Gasteiger partial charge in [-0.1, -0.05) is 18.2 Å². The van der Waals surface area contributed by atoms with Crippen molar-refractivity contribution in [2.45, 2.75) is 25.2 Å². The van der Waals surface area contributed by atoms with E-state index in [4.69, 9.17) is 4.74 Å². The quantitative estimate of drug-likeness (QED) is 0.725. The molecule has 4 rings (SSSR count). The summed E-state index contributed by atoms with van der Waals surface area (Å²) in [4.78, 5) is 15.4. The Hall–Kier alpha value is -2.55. The van der Waals surface area contributed by atoms with Gasteiger partial charge < -0.3 is 9.72 Å². The largest absolute Gasteiger partial charge is 0.465 e. The fourth-order valence-corrected chi connectivity index (χ4v) is 3.15. The lowest BCUT2D eigenvalue weighted by atomic mass is 9.96. The summed E-state index contributed by atoms with van der Waals surface area (Å²) < 4.78 is 4.98. The molecule has 1 heterocycles. The molecule has 0 amide bonds. The number of esters is 1. The maximum absolute atomic E-state index is 12.2. The van der Waals surface area contributed by atoms with E-state index in [2.05, 4.69) is 41.4 Å². The van der Waals surface area contributed by atoms with Gasteiger partial charge in [-0.05, 0) is 71.5 Å². The highest BCUT2D eigenvalue weighted by Gasteiger charge is 2.25. The molecule has 0 spiro atoms. The van der Waals surface area contributed by atoms with Gasteiger partial charge in [0.2, 0.25) is 0 Å². The highest BCUT2D eigenvalue weighted by molar-refractivity contribution is 5.91. The maximum atomic E-state index is 12.2. The van der Waals surface area contributed by atoms with Crippen molar-refractivity contribution in [3.05, 3.63) is 70.9 Å². The second kappa shape index (κ2) is 5.58. The third-order valence-electron chi connectivity index (χ3n) is 4.60. The molecule has 3 aromatic rings. The van der Waals surface area contributed by atoms with Gasteiger partial charge in [-0.15, -0.1) is 0 Å². The molecule has 0 atom stereocenters. The van der Waals surface area contributed by atoms with Crippen LogP contribution in [0.15, 0.2) is 48.7 Å². The van der Waals surface area contributed by atoms with Crippen LogP contribution in [0.1, 0.15) is 45.8 Å². The fourth-order valence-electron chi connectivity index (χ4n) is 3.15. The number of methoxy groups -OCH3 is 1. The topological polar surface area (TPSA) is 42.1 Å². The summed E-state index contributed by atoms with van der Waals surface area (Å²) in [7, 11) is 1.45. The van der Waals surface area contributed by atoms with Gasteiger partial charge in [-0.25, -0.2) is 4.79 Å². The van der Waals surface area contributed by atoms with Crippen molar-refractivity contribution < 1.29 is 9.53 Å². The summed E-state index contributed by atoms with van der Waals surface area (Å²) in [5.41, 5.74) is 5.31. The van der Waals surface area contributed by atoms with Gasteiger partial charge in [0.25, 0.3) is 0 Å². The predicted molar refractivity (Wildman–Crippen MR) is 90.9 cm³/mol. The predicted octanol–water partition coefficient (Wildman–Crippen LogP) is 4.42. The Morgan fingerprint density at radius 2 is 2.04 bits per heavy atom. The summed E-state index contributed by atoms with van der Waals surface area (Å²) in [5.74, 6) is 0.383. The molecule has 0 bridgehead atoms. The van der Waals surface area contributed by atoms with Crippen molar-refractivity contribution in [1.82, 2.24) is 4.98 Å². The normalized spacial score (nSPS) is 14.1. The van der Waals surface area contributed by atoms with Crippen LogP contribution in [-0.4, -0.2) is 18.1 Å². The molecule has 23 heavy (non-hydrogen) atoms. The molecule has 1 saturated carbocycles. The number of carbonyl (C=O) groups is 1. The van der Waals surface area contributed by atoms with Crippen molar-refractivity contribution in [2.75, 3.05) is 7.11 Å². The first-order chi connectivity index (χ1) is 11.2. The molecule has 116 valence electrons. The van der Waals surface area contributed by atoms with Gasteiger partial charge in [-0.2, -0.15) is 0 Å². The second-order valence-corrected chi connectivity index (χ2v) is 6.26. The lowest BCUT2D eigenvalue weighted by Gasteiger charge is -2.11. The third-order valence-corrected chi connectivity index (χ3v) is 4.60. The van der Waals surface area contributed by atoms with Gasteiger partial charge in [0.05, 0.1) is 12.7 Å². The molecule has 1 aliphatic carbocycles. The van der Waals surface area contributed by atoms with Crippen LogP contribution in [0, 0.1) is 0 Å². The van der Waals surface area contributed by atoms with Crippen LogP contribution >= 0.6 is 0 Å². The number of fused-ring (bicyclic) bond motifs is 1. The van der Waals surface area contributed by atoms with Crippen molar-refractivity contribution in [1.29, 1.82) is 0 Å². The van der Waals surface area contributed by atoms with Gasteiger partial charge in [0.15, 0.2) is 0 Å². The van der Waals surface area contributed by atoms with E-state index in [0.717, 1.165) is 17.5 Å². The smallest absolute Gasteiger partial charge is 0.338 e. The SMILES string of the molecule is COC(=O)c1cc(C2CC2)ccc1Cc1ccc2[nH]ccc2c1. The third kappa shape index (κ3) is 2.74.